The van der Waals surface area contributed by atoms with Gasteiger partial charge in [-0.15, -0.1) is 0 Å². The molecule has 0 aromatic heterocycles. The first-order chi connectivity index (χ1) is 10.7. The first-order valence-electron chi connectivity index (χ1n) is 7.47. The Hall–Kier alpha value is -1.95. The van der Waals surface area contributed by atoms with Crippen molar-refractivity contribution >= 4 is 5.91 Å². The van der Waals surface area contributed by atoms with E-state index in [4.69, 9.17) is 14.2 Å². The SMILES string of the molecule is CCN(C(=O)c1cc(OC)c(OC)c(OC)c1)C1CCNC1. The first-order valence-corrected chi connectivity index (χ1v) is 7.47. The van der Waals surface area contributed by atoms with E-state index >= 15 is 0 Å². The van der Waals surface area contributed by atoms with Gasteiger partial charge in [-0.1, -0.05) is 0 Å². The van der Waals surface area contributed by atoms with E-state index < -0.39 is 0 Å². The average molecular weight is 308 g/mol. The van der Waals surface area contributed by atoms with Gasteiger partial charge in [-0.05, 0) is 32.0 Å². The number of methoxy groups -OCH3 is 3. The summed E-state index contributed by atoms with van der Waals surface area (Å²) in [5, 5.41) is 3.29. The Labute approximate surface area is 131 Å². The smallest absolute Gasteiger partial charge is 0.254 e. The van der Waals surface area contributed by atoms with Gasteiger partial charge in [0.15, 0.2) is 11.5 Å². The molecule has 0 radical (unpaired) electrons. The lowest BCUT2D eigenvalue weighted by Crippen LogP contribution is -2.41. The number of likely N-dealkylation sites (N-methyl/N-ethyl adjacent to an activating group) is 1. The van der Waals surface area contributed by atoms with Gasteiger partial charge in [0.05, 0.1) is 21.3 Å². The maximum absolute atomic E-state index is 12.8. The minimum atomic E-state index is -0.0181. The predicted octanol–water partition coefficient (Wildman–Crippen LogP) is 1.54. The van der Waals surface area contributed by atoms with E-state index in [1.807, 2.05) is 11.8 Å². The fourth-order valence-electron chi connectivity index (χ4n) is 2.84. The normalized spacial score (nSPS) is 17.2. The second kappa shape index (κ2) is 7.35. The molecule has 1 atom stereocenters. The van der Waals surface area contributed by atoms with Gasteiger partial charge < -0.3 is 24.4 Å². The molecule has 1 unspecified atom stereocenters. The summed E-state index contributed by atoms with van der Waals surface area (Å²) < 4.78 is 15.9. The molecule has 0 saturated carbocycles. The number of carbonyl (C=O) groups is 1. The third-order valence-electron chi connectivity index (χ3n) is 3.99. The Bertz CT molecular complexity index is 502. The average Bonchev–Trinajstić information content (AvgIpc) is 3.08. The fourth-order valence-corrected chi connectivity index (χ4v) is 2.84. The van der Waals surface area contributed by atoms with Crippen LogP contribution in [0.2, 0.25) is 0 Å². The number of rotatable bonds is 6. The van der Waals surface area contributed by atoms with Crippen LogP contribution in [0.1, 0.15) is 23.7 Å². The van der Waals surface area contributed by atoms with Crippen LogP contribution in [-0.4, -0.2) is 57.8 Å². The molecular weight excluding hydrogens is 284 g/mol. The summed E-state index contributed by atoms with van der Waals surface area (Å²) in [4.78, 5) is 14.7. The number of benzene rings is 1. The van der Waals surface area contributed by atoms with Crippen LogP contribution in [-0.2, 0) is 0 Å². The molecule has 0 aliphatic carbocycles. The standard InChI is InChI=1S/C16H24N2O4/c1-5-18(12-6-7-17-10-12)16(19)11-8-13(20-2)15(22-4)14(9-11)21-3/h8-9,12,17H,5-7,10H2,1-4H3. The van der Waals surface area contributed by atoms with Gasteiger partial charge in [0.1, 0.15) is 0 Å². The van der Waals surface area contributed by atoms with E-state index in [9.17, 15) is 4.79 Å². The van der Waals surface area contributed by atoms with Crippen LogP contribution in [0.4, 0.5) is 0 Å². The van der Waals surface area contributed by atoms with Crippen molar-refractivity contribution in [3.05, 3.63) is 17.7 Å². The molecule has 22 heavy (non-hydrogen) atoms. The second-order valence-corrected chi connectivity index (χ2v) is 5.15. The number of carbonyl (C=O) groups excluding carboxylic acids is 1. The summed E-state index contributed by atoms with van der Waals surface area (Å²) in [6, 6.07) is 3.64. The summed E-state index contributed by atoms with van der Waals surface area (Å²) in [5.41, 5.74) is 0.545. The number of nitrogens with zero attached hydrogens (tertiary/aromatic N) is 1. The summed E-state index contributed by atoms with van der Waals surface area (Å²) in [6.45, 7) is 4.45. The van der Waals surface area contributed by atoms with Gasteiger partial charge in [0.2, 0.25) is 5.75 Å². The zero-order valence-electron chi connectivity index (χ0n) is 13.6. The molecule has 1 N–H and O–H groups in total. The van der Waals surface area contributed by atoms with E-state index in [0.29, 0.717) is 29.4 Å². The van der Waals surface area contributed by atoms with Crippen LogP contribution in [0, 0.1) is 0 Å². The van der Waals surface area contributed by atoms with E-state index in [-0.39, 0.29) is 11.9 Å². The number of amides is 1. The number of hydrogen-bond acceptors (Lipinski definition) is 5. The van der Waals surface area contributed by atoms with Crippen LogP contribution >= 0.6 is 0 Å². The largest absolute Gasteiger partial charge is 0.493 e. The molecule has 0 bridgehead atoms. The Kier molecular flexibility index (Phi) is 5.49. The molecule has 1 aromatic rings. The predicted molar refractivity (Wildman–Crippen MR) is 84.1 cm³/mol. The van der Waals surface area contributed by atoms with E-state index in [1.165, 1.54) is 0 Å². The highest BCUT2D eigenvalue weighted by atomic mass is 16.5. The molecule has 2 rings (SSSR count). The van der Waals surface area contributed by atoms with Gasteiger partial charge in [0.25, 0.3) is 5.91 Å². The van der Waals surface area contributed by atoms with E-state index in [1.54, 1.807) is 33.5 Å². The number of ether oxygens (including phenoxy) is 3. The lowest BCUT2D eigenvalue weighted by molar-refractivity contribution is 0.0703. The van der Waals surface area contributed by atoms with Crippen molar-refractivity contribution in [3.8, 4) is 17.2 Å². The van der Waals surface area contributed by atoms with Crippen molar-refractivity contribution in [2.45, 2.75) is 19.4 Å². The maximum Gasteiger partial charge on any atom is 0.254 e. The molecule has 1 amide bonds. The summed E-state index contributed by atoms with van der Waals surface area (Å²) in [6.07, 6.45) is 0.976. The van der Waals surface area contributed by atoms with Crippen LogP contribution in [0.5, 0.6) is 17.2 Å². The number of nitrogens with one attached hydrogen (secondary N) is 1. The minimum Gasteiger partial charge on any atom is -0.493 e. The third kappa shape index (κ3) is 3.11. The van der Waals surface area contributed by atoms with Gasteiger partial charge in [-0.3, -0.25) is 4.79 Å². The van der Waals surface area contributed by atoms with Crippen molar-refractivity contribution in [1.29, 1.82) is 0 Å². The van der Waals surface area contributed by atoms with E-state index in [0.717, 1.165) is 19.5 Å². The van der Waals surface area contributed by atoms with Crippen molar-refractivity contribution in [1.82, 2.24) is 10.2 Å². The monoisotopic (exact) mass is 308 g/mol. The molecule has 6 heteroatoms. The molecule has 6 nitrogen and oxygen atoms in total. The van der Waals surface area contributed by atoms with Gasteiger partial charge in [-0.25, -0.2) is 0 Å². The molecular formula is C16H24N2O4. The van der Waals surface area contributed by atoms with Gasteiger partial charge >= 0.3 is 0 Å². The zero-order valence-corrected chi connectivity index (χ0v) is 13.6. The molecule has 0 spiro atoms. The summed E-state index contributed by atoms with van der Waals surface area (Å²) in [7, 11) is 4.64. The Morgan fingerprint density at radius 1 is 1.23 bits per heavy atom. The van der Waals surface area contributed by atoms with Crippen molar-refractivity contribution in [2.24, 2.45) is 0 Å². The number of hydrogen-bond donors (Lipinski definition) is 1. The molecule has 1 aliphatic heterocycles. The molecule has 1 fully saturated rings. The molecule has 122 valence electrons. The highest BCUT2D eigenvalue weighted by Gasteiger charge is 2.27. The lowest BCUT2D eigenvalue weighted by atomic mass is 10.1. The van der Waals surface area contributed by atoms with Gasteiger partial charge in [0, 0.05) is 24.7 Å². The zero-order chi connectivity index (χ0) is 16.1. The summed E-state index contributed by atoms with van der Waals surface area (Å²) >= 11 is 0. The van der Waals surface area contributed by atoms with Crippen molar-refractivity contribution < 1.29 is 19.0 Å². The first kappa shape index (κ1) is 16.4. The summed E-state index contributed by atoms with van der Waals surface area (Å²) in [5.74, 6) is 1.46. The molecule has 1 aliphatic rings. The van der Waals surface area contributed by atoms with Crippen LogP contribution in [0.25, 0.3) is 0 Å². The van der Waals surface area contributed by atoms with Crippen LogP contribution < -0.4 is 19.5 Å². The van der Waals surface area contributed by atoms with E-state index in [2.05, 4.69) is 5.32 Å². The lowest BCUT2D eigenvalue weighted by Gasteiger charge is -2.27. The Balaban J connectivity index is 2.35. The quantitative estimate of drug-likeness (QED) is 0.864. The maximum atomic E-state index is 12.8. The molecule has 1 heterocycles. The van der Waals surface area contributed by atoms with Crippen molar-refractivity contribution in [3.63, 3.8) is 0 Å². The van der Waals surface area contributed by atoms with Crippen LogP contribution in [0.3, 0.4) is 0 Å². The fraction of sp³-hybridized carbons (Fsp3) is 0.562. The molecule has 1 saturated heterocycles. The van der Waals surface area contributed by atoms with Crippen LogP contribution in [0.15, 0.2) is 12.1 Å². The highest BCUT2D eigenvalue weighted by Crippen LogP contribution is 2.38. The Morgan fingerprint density at radius 2 is 1.86 bits per heavy atom. The van der Waals surface area contributed by atoms with Crippen molar-refractivity contribution in [2.75, 3.05) is 41.0 Å². The molecule has 1 aromatic carbocycles. The van der Waals surface area contributed by atoms with Gasteiger partial charge in [-0.2, -0.15) is 0 Å². The topological polar surface area (TPSA) is 60.0 Å². The minimum absolute atomic E-state index is 0.0181. The second-order valence-electron chi connectivity index (χ2n) is 5.15. The highest BCUT2D eigenvalue weighted by molar-refractivity contribution is 5.96. The third-order valence-corrected chi connectivity index (χ3v) is 3.99. The Morgan fingerprint density at radius 3 is 2.27 bits per heavy atom.